The van der Waals surface area contributed by atoms with Gasteiger partial charge in [0.05, 0.1) is 11.8 Å². The van der Waals surface area contributed by atoms with Crippen LogP contribution in [0.1, 0.15) is 38.9 Å². The molecular weight excluding hydrogens is 412 g/mol. The maximum Gasteiger partial charge on any atom is 0.270 e. The van der Waals surface area contributed by atoms with Crippen molar-refractivity contribution < 1.29 is 14.4 Å². The topological polar surface area (TPSA) is 66.5 Å². The highest BCUT2D eigenvalue weighted by Gasteiger charge is 2.55. The van der Waals surface area contributed by atoms with Gasteiger partial charge in [-0.25, -0.2) is 0 Å². The van der Waals surface area contributed by atoms with Gasteiger partial charge < -0.3 is 0 Å². The minimum Gasteiger partial charge on any atom is -0.272 e. The fourth-order valence-corrected chi connectivity index (χ4v) is 5.00. The van der Waals surface area contributed by atoms with E-state index in [2.05, 4.69) is 5.43 Å². The molecule has 1 aliphatic carbocycles. The fourth-order valence-electron chi connectivity index (χ4n) is 5.00. The van der Waals surface area contributed by atoms with E-state index in [4.69, 9.17) is 0 Å². The van der Waals surface area contributed by atoms with Gasteiger partial charge in [0.15, 0.2) is 0 Å². The first-order valence-electron chi connectivity index (χ1n) is 11.1. The van der Waals surface area contributed by atoms with E-state index in [1.165, 1.54) is 0 Å². The second-order valence-corrected chi connectivity index (χ2v) is 8.63. The highest BCUT2D eigenvalue weighted by Crippen LogP contribution is 2.48. The van der Waals surface area contributed by atoms with Crippen molar-refractivity contribution >= 4 is 17.7 Å². The zero-order chi connectivity index (χ0) is 22.9. The molecule has 1 aliphatic heterocycles. The van der Waals surface area contributed by atoms with Gasteiger partial charge in [-0.2, -0.15) is 5.01 Å². The minimum absolute atomic E-state index is 0.242. The number of hydrogen-bond acceptors (Lipinski definition) is 3. The van der Waals surface area contributed by atoms with E-state index < -0.39 is 17.7 Å². The van der Waals surface area contributed by atoms with Crippen molar-refractivity contribution in [3.63, 3.8) is 0 Å². The molecule has 5 rings (SSSR count). The highest BCUT2D eigenvalue weighted by atomic mass is 16.2. The molecule has 3 aromatic rings. The summed E-state index contributed by atoms with van der Waals surface area (Å²) in [5, 5.41) is 0.943. The smallest absolute Gasteiger partial charge is 0.270 e. The summed E-state index contributed by atoms with van der Waals surface area (Å²) in [5.41, 5.74) is 5.87. The van der Waals surface area contributed by atoms with Crippen LogP contribution in [0.3, 0.4) is 0 Å². The first-order valence-corrected chi connectivity index (χ1v) is 11.1. The summed E-state index contributed by atoms with van der Waals surface area (Å²) in [7, 11) is 0. The van der Waals surface area contributed by atoms with E-state index in [1.54, 1.807) is 18.2 Å². The zero-order valence-electron chi connectivity index (χ0n) is 18.2. The molecule has 0 spiro atoms. The predicted octanol–water partition coefficient (Wildman–Crippen LogP) is 4.38. The average molecular weight is 437 g/mol. The highest BCUT2D eigenvalue weighted by molar-refractivity contribution is 6.09. The number of carbonyl (C=O) groups excluding carboxylic acids is 3. The Labute approximate surface area is 192 Å². The van der Waals surface area contributed by atoms with Crippen molar-refractivity contribution in [2.75, 3.05) is 0 Å². The van der Waals surface area contributed by atoms with Crippen LogP contribution in [0.15, 0.2) is 97.1 Å². The SMILES string of the molecule is Cc1cccc(C(=O)NN2C(=O)[C@@H]3[C@@H](C2=O)[C@@H](c2ccccc2)C=C[C@@H]3c2ccccc2)c1. The summed E-state index contributed by atoms with van der Waals surface area (Å²) < 4.78 is 0. The Balaban J connectivity index is 1.52. The number of hydrazine groups is 1. The maximum atomic E-state index is 13.6. The lowest BCUT2D eigenvalue weighted by molar-refractivity contribution is -0.142. The third kappa shape index (κ3) is 3.76. The Bertz CT molecular complexity index is 1170. The fraction of sp³-hybridized carbons (Fsp3) is 0.179. The van der Waals surface area contributed by atoms with E-state index in [0.717, 1.165) is 21.7 Å². The molecule has 0 saturated carbocycles. The lowest BCUT2D eigenvalue weighted by atomic mass is 9.68. The molecule has 3 aromatic carbocycles. The Morgan fingerprint density at radius 1 is 0.727 bits per heavy atom. The van der Waals surface area contributed by atoms with Gasteiger partial charge in [-0.05, 0) is 30.2 Å². The molecule has 1 N–H and O–H groups in total. The number of imide groups is 1. The van der Waals surface area contributed by atoms with Crippen LogP contribution in [-0.4, -0.2) is 22.7 Å². The van der Waals surface area contributed by atoms with Crippen molar-refractivity contribution in [2.24, 2.45) is 11.8 Å². The largest absolute Gasteiger partial charge is 0.272 e. The predicted molar refractivity (Wildman–Crippen MR) is 125 cm³/mol. The second kappa shape index (κ2) is 8.51. The molecule has 1 fully saturated rings. The molecule has 0 radical (unpaired) electrons. The van der Waals surface area contributed by atoms with E-state index in [9.17, 15) is 14.4 Å². The lowest BCUT2D eigenvalue weighted by Gasteiger charge is -2.32. The third-order valence-electron chi connectivity index (χ3n) is 6.56. The van der Waals surface area contributed by atoms with Crippen molar-refractivity contribution in [3.05, 3.63) is 119 Å². The van der Waals surface area contributed by atoms with Crippen LogP contribution in [0, 0.1) is 18.8 Å². The van der Waals surface area contributed by atoms with Crippen LogP contribution in [0.4, 0.5) is 0 Å². The normalized spacial score (nSPS) is 24.0. The summed E-state index contributed by atoms with van der Waals surface area (Å²) in [6, 6.07) is 26.5. The first-order chi connectivity index (χ1) is 16.0. The van der Waals surface area contributed by atoms with Crippen LogP contribution < -0.4 is 5.43 Å². The quantitative estimate of drug-likeness (QED) is 0.488. The average Bonchev–Trinajstić information content (AvgIpc) is 3.10. The molecule has 2 aliphatic rings. The standard InChI is InChI=1S/C28H24N2O3/c1-18-9-8-14-21(17-18)26(31)29-30-27(32)24-22(19-10-4-2-5-11-19)15-16-23(25(24)28(30)33)20-12-6-3-7-13-20/h2-17,22-25H,1H3,(H,29,31)/t22-,23-,24+,25+/m1/s1. The molecule has 3 amide bonds. The van der Waals surface area contributed by atoms with Crippen LogP contribution in [0.5, 0.6) is 0 Å². The van der Waals surface area contributed by atoms with Crippen molar-refractivity contribution in [3.8, 4) is 0 Å². The van der Waals surface area contributed by atoms with Crippen LogP contribution in [-0.2, 0) is 9.59 Å². The van der Waals surface area contributed by atoms with Gasteiger partial charge >= 0.3 is 0 Å². The van der Waals surface area contributed by atoms with Crippen molar-refractivity contribution in [1.29, 1.82) is 0 Å². The molecule has 164 valence electrons. The molecule has 5 nitrogen and oxygen atoms in total. The maximum absolute atomic E-state index is 13.6. The number of hydrogen-bond donors (Lipinski definition) is 1. The molecule has 0 unspecified atom stereocenters. The van der Waals surface area contributed by atoms with Crippen molar-refractivity contribution in [1.82, 2.24) is 10.4 Å². The van der Waals surface area contributed by atoms with Gasteiger partial charge in [-0.15, -0.1) is 0 Å². The van der Waals surface area contributed by atoms with E-state index >= 15 is 0 Å². The number of amides is 3. The Kier molecular flexibility index (Phi) is 5.38. The number of benzene rings is 3. The van der Waals surface area contributed by atoms with E-state index in [1.807, 2.05) is 85.8 Å². The number of rotatable bonds is 4. The molecule has 4 atom stereocenters. The number of aryl methyl sites for hydroxylation is 1. The summed E-state index contributed by atoms with van der Waals surface area (Å²) in [6.07, 6.45) is 4.07. The zero-order valence-corrected chi connectivity index (χ0v) is 18.2. The lowest BCUT2D eigenvalue weighted by Crippen LogP contribution is -2.46. The molecule has 0 bridgehead atoms. The van der Waals surface area contributed by atoms with E-state index in [0.29, 0.717) is 5.56 Å². The monoisotopic (exact) mass is 436 g/mol. The Morgan fingerprint density at radius 3 is 1.73 bits per heavy atom. The first kappa shape index (κ1) is 20.9. The van der Waals surface area contributed by atoms with Gasteiger partial charge in [-0.3, -0.25) is 19.8 Å². The van der Waals surface area contributed by atoms with Gasteiger partial charge in [0, 0.05) is 17.4 Å². The van der Waals surface area contributed by atoms with Gasteiger partial charge in [0.2, 0.25) is 0 Å². The third-order valence-corrected chi connectivity index (χ3v) is 6.56. The van der Waals surface area contributed by atoms with Crippen LogP contribution in [0.25, 0.3) is 0 Å². The number of allylic oxidation sites excluding steroid dienone is 2. The Hall–Kier alpha value is -3.99. The van der Waals surface area contributed by atoms with Crippen molar-refractivity contribution in [2.45, 2.75) is 18.8 Å². The molecule has 1 heterocycles. The molecule has 0 aromatic heterocycles. The van der Waals surface area contributed by atoms with E-state index in [-0.39, 0.29) is 23.7 Å². The van der Waals surface area contributed by atoms with Crippen LogP contribution in [0.2, 0.25) is 0 Å². The molecule has 1 saturated heterocycles. The number of carbonyl (C=O) groups is 3. The Morgan fingerprint density at radius 2 is 1.24 bits per heavy atom. The summed E-state index contributed by atoms with van der Waals surface area (Å²) in [5.74, 6) is -2.88. The van der Waals surface area contributed by atoms with Gasteiger partial charge in [0.1, 0.15) is 0 Å². The molecule has 5 heteroatoms. The summed E-state index contributed by atoms with van der Waals surface area (Å²) in [6.45, 7) is 1.89. The summed E-state index contributed by atoms with van der Waals surface area (Å²) >= 11 is 0. The summed E-state index contributed by atoms with van der Waals surface area (Å²) in [4.78, 5) is 40.1. The number of nitrogens with zero attached hydrogens (tertiary/aromatic N) is 1. The minimum atomic E-state index is -0.590. The van der Waals surface area contributed by atoms with Gasteiger partial charge in [0.25, 0.3) is 17.7 Å². The van der Waals surface area contributed by atoms with Gasteiger partial charge in [-0.1, -0.05) is 90.5 Å². The number of nitrogens with one attached hydrogen (secondary N) is 1. The second-order valence-electron chi connectivity index (χ2n) is 8.63. The number of fused-ring (bicyclic) bond motifs is 1. The van der Waals surface area contributed by atoms with Crippen LogP contribution >= 0.6 is 0 Å². The molecular formula is C28H24N2O3. The molecule has 33 heavy (non-hydrogen) atoms.